The number of anilines is 1. The highest BCUT2D eigenvalue weighted by Crippen LogP contribution is 2.22. The molecule has 106 valence electrons. The quantitative estimate of drug-likeness (QED) is 0.876. The molecule has 1 aliphatic rings. The summed E-state index contributed by atoms with van der Waals surface area (Å²) in [4.78, 5) is 4.83. The molecule has 0 amide bonds. The van der Waals surface area contributed by atoms with E-state index in [0.29, 0.717) is 0 Å². The lowest BCUT2D eigenvalue weighted by Gasteiger charge is -2.24. The molecule has 1 aromatic rings. The number of hydrogen-bond acceptors (Lipinski definition) is 3. The third-order valence-electron chi connectivity index (χ3n) is 4.16. The van der Waals surface area contributed by atoms with Crippen molar-refractivity contribution in [3.8, 4) is 0 Å². The number of benzene rings is 1. The van der Waals surface area contributed by atoms with Crippen molar-refractivity contribution in [1.82, 2.24) is 10.2 Å². The van der Waals surface area contributed by atoms with Gasteiger partial charge in [-0.15, -0.1) is 0 Å². The zero-order valence-corrected chi connectivity index (χ0v) is 12.7. The van der Waals surface area contributed by atoms with Gasteiger partial charge in [0.1, 0.15) is 0 Å². The number of nitrogens with one attached hydrogen (secondary N) is 1. The molecule has 1 aliphatic heterocycles. The van der Waals surface area contributed by atoms with Gasteiger partial charge in [-0.05, 0) is 63.2 Å². The minimum Gasteiger partial charge on any atom is -0.374 e. The maximum atomic E-state index is 3.22. The third kappa shape index (κ3) is 3.71. The van der Waals surface area contributed by atoms with E-state index in [1.165, 1.54) is 36.3 Å². The van der Waals surface area contributed by atoms with Crippen LogP contribution in [0.25, 0.3) is 0 Å². The molecule has 0 spiro atoms. The molecule has 1 saturated heterocycles. The Morgan fingerprint density at radius 2 is 2.21 bits per heavy atom. The summed E-state index contributed by atoms with van der Waals surface area (Å²) >= 11 is 0. The maximum Gasteiger partial charge on any atom is 0.0366 e. The van der Waals surface area contributed by atoms with Crippen molar-refractivity contribution in [3.05, 3.63) is 29.3 Å². The van der Waals surface area contributed by atoms with E-state index in [1.54, 1.807) is 0 Å². The summed E-state index contributed by atoms with van der Waals surface area (Å²) in [6.45, 7) is 6.80. The monoisotopic (exact) mass is 261 g/mol. The fourth-order valence-corrected chi connectivity index (χ4v) is 2.97. The summed E-state index contributed by atoms with van der Waals surface area (Å²) in [5.74, 6) is 0.812. The van der Waals surface area contributed by atoms with Crippen LogP contribution in [0.1, 0.15) is 17.5 Å². The van der Waals surface area contributed by atoms with E-state index in [-0.39, 0.29) is 0 Å². The smallest absolute Gasteiger partial charge is 0.0366 e. The maximum absolute atomic E-state index is 3.22. The van der Waals surface area contributed by atoms with Crippen LogP contribution in [0.5, 0.6) is 0 Å². The molecule has 0 aliphatic carbocycles. The van der Waals surface area contributed by atoms with Crippen LogP contribution in [-0.4, -0.2) is 45.7 Å². The third-order valence-corrected chi connectivity index (χ3v) is 4.16. The highest BCUT2D eigenvalue weighted by atomic mass is 15.1. The molecule has 19 heavy (non-hydrogen) atoms. The van der Waals surface area contributed by atoms with Crippen LogP contribution in [0.15, 0.2) is 18.2 Å². The van der Waals surface area contributed by atoms with Gasteiger partial charge in [0.2, 0.25) is 0 Å². The summed E-state index contributed by atoms with van der Waals surface area (Å²) in [5.41, 5.74) is 4.11. The minimum atomic E-state index is 0.812. The number of hydrogen-bond donors (Lipinski definition) is 1. The van der Waals surface area contributed by atoms with E-state index in [9.17, 15) is 0 Å². The molecule has 1 atom stereocenters. The van der Waals surface area contributed by atoms with Crippen LogP contribution in [0.3, 0.4) is 0 Å². The average Bonchev–Trinajstić information content (AvgIpc) is 2.77. The molecular weight excluding hydrogens is 234 g/mol. The first-order valence-electron chi connectivity index (χ1n) is 7.24. The molecule has 2 rings (SSSR count). The second-order valence-electron chi connectivity index (χ2n) is 5.94. The molecule has 1 heterocycles. The largest absolute Gasteiger partial charge is 0.374 e. The van der Waals surface area contributed by atoms with Gasteiger partial charge >= 0.3 is 0 Å². The van der Waals surface area contributed by atoms with E-state index >= 15 is 0 Å². The lowest BCUT2D eigenvalue weighted by Crippen LogP contribution is -2.27. The van der Waals surface area contributed by atoms with Crippen molar-refractivity contribution < 1.29 is 0 Å². The van der Waals surface area contributed by atoms with Gasteiger partial charge in [0.15, 0.2) is 0 Å². The molecule has 0 aromatic heterocycles. The van der Waals surface area contributed by atoms with Gasteiger partial charge in [0.05, 0.1) is 0 Å². The van der Waals surface area contributed by atoms with Crippen LogP contribution in [0.2, 0.25) is 0 Å². The highest BCUT2D eigenvalue weighted by molar-refractivity contribution is 5.50. The van der Waals surface area contributed by atoms with Crippen LogP contribution >= 0.6 is 0 Å². The molecule has 3 heteroatoms. The van der Waals surface area contributed by atoms with Gasteiger partial charge in [0.25, 0.3) is 0 Å². The van der Waals surface area contributed by atoms with E-state index in [4.69, 9.17) is 0 Å². The fourth-order valence-electron chi connectivity index (χ4n) is 2.97. The molecule has 3 nitrogen and oxygen atoms in total. The van der Waals surface area contributed by atoms with Crippen molar-refractivity contribution in [3.63, 3.8) is 0 Å². The van der Waals surface area contributed by atoms with E-state index in [1.807, 2.05) is 7.05 Å². The Balaban J connectivity index is 1.98. The van der Waals surface area contributed by atoms with Crippen LogP contribution in [0.4, 0.5) is 5.69 Å². The first kappa shape index (κ1) is 14.4. The lowest BCUT2D eigenvalue weighted by molar-refractivity contribution is 0.396. The minimum absolute atomic E-state index is 0.812. The molecule has 1 fully saturated rings. The Hall–Kier alpha value is -1.06. The topological polar surface area (TPSA) is 18.5 Å². The molecule has 0 bridgehead atoms. The second kappa shape index (κ2) is 6.40. The molecular formula is C16H27N3. The van der Waals surface area contributed by atoms with Crippen LogP contribution < -0.4 is 10.2 Å². The molecule has 1 unspecified atom stereocenters. The normalized spacial score (nSPS) is 19.9. The van der Waals surface area contributed by atoms with Crippen molar-refractivity contribution >= 4 is 5.69 Å². The summed E-state index contributed by atoms with van der Waals surface area (Å²) < 4.78 is 0. The molecule has 0 saturated carbocycles. The van der Waals surface area contributed by atoms with E-state index < -0.39 is 0 Å². The van der Waals surface area contributed by atoms with Crippen molar-refractivity contribution in [1.29, 1.82) is 0 Å². The number of nitrogens with zero attached hydrogens (tertiary/aromatic N) is 2. The Morgan fingerprint density at radius 3 is 2.79 bits per heavy atom. The zero-order valence-electron chi connectivity index (χ0n) is 12.7. The lowest BCUT2D eigenvalue weighted by atomic mass is 10.1. The highest BCUT2D eigenvalue weighted by Gasteiger charge is 2.20. The Morgan fingerprint density at radius 1 is 1.42 bits per heavy atom. The van der Waals surface area contributed by atoms with Crippen molar-refractivity contribution in [2.24, 2.45) is 5.92 Å². The first-order valence-corrected chi connectivity index (χ1v) is 7.24. The van der Waals surface area contributed by atoms with Gasteiger partial charge in [-0.25, -0.2) is 0 Å². The van der Waals surface area contributed by atoms with Gasteiger partial charge in [0, 0.05) is 32.4 Å². The molecule has 0 radical (unpaired) electrons. The van der Waals surface area contributed by atoms with E-state index in [0.717, 1.165) is 19.0 Å². The van der Waals surface area contributed by atoms with Gasteiger partial charge in [-0.1, -0.05) is 6.07 Å². The van der Waals surface area contributed by atoms with Crippen LogP contribution in [-0.2, 0) is 6.54 Å². The predicted octanol–water partition coefficient (Wildman–Crippen LogP) is 2.10. The summed E-state index contributed by atoms with van der Waals surface area (Å²) in [6.07, 6.45) is 1.33. The average molecular weight is 261 g/mol. The zero-order chi connectivity index (χ0) is 13.8. The predicted molar refractivity (Wildman–Crippen MR) is 82.8 cm³/mol. The van der Waals surface area contributed by atoms with Gasteiger partial charge in [-0.2, -0.15) is 0 Å². The fraction of sp³-hybridized carbons (Fsp3) is 0.625. The Bertz CT molecular complexity index is 416. The van der Waals surface area contributed by atoms with Crippen molar-refractivity contribution in [2.75, 3.05) is 45.7 Å². The van der Waals surface area contributed by atoms with Crippen LogP contribution in [0, 0.1) is 12.8 Å². The van der Waals surface area contributed by atoms with Gasteiger partial charge < -0.3 is 15.1 Å². The van der Waals surface area contributed by atoms with Gasteiger partial charge in [-0.3, -0.25) is 0 Å². The number of rotatable bonds is 5. The summed E-state index contributed by atoms with van der Waals surface area (Å²) in [7, 11) is 6.43. The summed E-state index contributed by atoms with van der Waals surface area (Å²) in [6, 6.07) is 6.81. The van der Waals surface area contributed by atoms with Crippen molar-refractivity contribution in [2.45, 2.75) is 19.9 Å². The Labute approximate surface area is 117 Å². The first-order chi connectivity index (χ1) is 9.10. The number of likely N-dealkylation sites (tertiary alicyclic amines) is 1. The van der Waals surface area contributed by atoms with E-state index in [2.05, 4.69) is 54.3 Å². The SMILES string of the molecule is CNCc1ccc(N(C)CC2CCN(C)C2)cc1C. The Kier molecular flexibility index (Phi) is 4.83. The molecule has 1 aromatic carbocycles. The summed E-state index contributed by atoms with van der Waals surface area (Å²) in [5, 5.41) is 3.22. The number of aryl methyl sites for hydroxylation is 1. The molecule has 1 N–H and O–H groups in total. The second-order valence-corrected chi connectivity index (χ2v) is 5.94. The standard InChI is InChI=1S/C16H27N3/c1-13-9-16(6-5-15(13)10-17-2)19(4)12-14-7-8-18(3)11-14/h5-6,9,14,17H,7-8,10-12H2,1-4H3.